The lowest BCUT2D eigenvalue weighted by Gasteiger charge is -2.19. The van der Waals surface area contributed by atoms with Gasteiger partial charge in [-0.1, -0.05) is 6.92 Å². The van der Waals surface area contributed by atoms with Crippen LogP contribution in [0.15, 0.2) is 18.2 Å². The Bertz CT molecular complexity index is 615. The molecular weight excluding hydrogens is 304 g/mol. The molecule has 1 aliphatic heterocycles. The number of alkyl halides is 3. The molecule has 1 aromatic carbocycles. The highest BCUT2D eigenvalue weighted by Gasteiger charge is 2.40. The minimum absolute atomic E-state index is 0.0377. The van der Waals surface area contributed by atoms with Crippen LogP contribution in [-0.2, 0) is 11.0 Å². The van der Waals surface area contributed by atoms with Crippen LogP contribution in [0.3, 0.4) is 0 Å². The van der Waals surface area contributed by atoms with E-state index in [1.807, 2.05) is 0 Å². The monoisotopic (exact) mass is 318 g/mol. The first-order chi connectivity index (χ1) is 10.1. The molecular formula is C14H14F4N2O2. The summed E-state index contributed by atoms with van der Waals surface area (Å²) in [5, 5.41) is 0. The quantitative estimate of drug-likeness (QED) is 0.848. The number of benzene rings is 1. The Morgan fingerprint density at radius 2 is 1.91 bits per heavy atom. The van der Waals surface area contributed by atoms with Gasteiger partial charge >= 0.3 is 6.18 Å². The summed E-state index contributed by atoms with van der Waals surface area (Å²) in [5.74, 6) is -3.40. The second-order valence-electron chi connectivity index (χ2n) is 5.38. The summed E-state index contributed by atoms with van der Waals surface area (Å²) in [6, 6.07) is 1.90. The van der Waals surface area contributed by atoms with E-state index in [1.165, 1.54) is 0 Å². The number of likely N-dealkylation sites (tertiary alicyclic amines) is 1. The van der Waals surface area contributed by atoms with Crippen LogP contribution in [0.1, 0.15) is 22.8 Å². The molecule has 2 atom stereocenters. The van der Waals surface area contributed by atoms with Crippen LogP contribution in [0.4, 0.5) is 17.6 Å². The third kappa shape index (κ3) is 3.05. The van der Waals surface area contributed by atoms with Gasteiger partial charge in [0.2, 0.25) is 5.91 Å². The molecule has 2 N–H and O–H groups in total. The predicted octanol–water partition coefficient (Wildman–Crippen LogP) is 2.04. The molecule has 2 rings (SSSR count). The highest BCUT2D eigenvalue weighted by atomic mass is 19.4. The minimum atomic E-state index is -4.85. The fraction of sp³-hybridized carbons (Fsp3) is 0.429. The van der Waals surface area contributed by atoms with Crippen molar-refractivity contribution in [1.82, 2.24) is 4.90 Å². The largest absolute Gasteiger partial charge is 0.417 e. The average Bonchev–Trinajstić information content (AvgIpc) is 2.79. The fourth-order valence-corrected chi connectivity index (χ4v) is 2.61. The summed E-state index contributed by atoms with van der Waals surface area (Å²) in [5.41, 5.74) is 3.24. The van der Waals surface area contributed by atoms with Crippen molar-refractivity contribution in [3.8, 4) is 0 Å². The van der Waals surface area contributed by atoms with Gasteiger partial charge < -0.3 is 10.6 Å². The lowest BCUT2D eigenvalue weighted by atomic mass is 9.98. The molecule has 22 heavy (non-hydrogen) atoms. The van der Waals surface area contributed by atoms with E-state index in [9.17, 15) is 27.2 Å². The average molecular weight is 318 g/mol. The molecule has 0 saturated carbocycles. The number of carbonyl (C=O) groups excluding carboxylic acids is 2. The fourth-order valence-electron chi connectivity index (χ4n) is 2.61. The van der Waals surface area contributed by atoms with Gasteiger partial charge in [-0.15, -0.1) is 0 Å². The summed E-state index contributed by atoms with van der Waals surface area (Å²) in [7, 11) is 0. The molecule has 0 bridgehead atoms. The third-order valence-electron chi connectivity index (χ3n) is 3.78. The Balaban J connectivity index is 2.33. The molecule has 1 aliphatic rings. The molecule has 4 nitrogen and oxygen atoms in total. The number of amides is 2. The summed E-state index contributed by atoms with van der Waals surface area (Å²) < 4.78 is 51.9. The van der Waals surface area contributed by atoms with Crippen molar-refractivity contribution in [2.45, 2.75) is 13.1 Å². The maximum Gasteiger partial charge on any atom is 0.417 e. The molecule has 0 aromatic heterocycles. The lowest BCUT2D eigenvalue weighted by Crippen LogP contribution is -2.33. The van der Waals surface area contributed by atoms with Crippen LogP contribution < -0.4 is 5.73 Å². The number of nitrogens with two attached hydrogens (primary N) is 1. The molecule has 0 unspecified atom stereocenters. The molecule has 1 fully saturated rings. The van der Waals surface area contributed by atoms with Gasteiger partial charge in [0.1, 0.15) is 5.82 Å². The molecule has 8 heteroatoms. The standard InChI is InChI=1S/C14H14F4N2O2/c1-7-5-20(6-10(7)12(19)21)13(22)9-3-2-8(15)4-11(9)14(16,17)18/h2-4,7,10H,5-6H2,1H3,(H2,19,21)/t7-,10-/m1/s1. The first-order valence-electron chi connectivity index (χ1n) is 6.56. The van der Waals surface area contributed by atoms with Gasteiger partial charge in [0.05, 0.1) is 17.0 Å². The Hall–Kier alpha value is -2.12. The van der Waals surface area contributed by atoms with Gasteiger partial charge in [-0.2, -0.15) is 13.2 Å². The number of hydrogen-bond acceptors (Lipinski definition) is 2. The van der Waals surface area contributed by atoms with E-state index < -0.39 is 40.9 Å². The van der Waals surface area contributed by atoms with Gasteiger partial charge in [-0.25, -0.2) is 4.39 Å². The highest BCUT2D eigenvalue weighted by molar-refractivity contribution is 5.96. The van der Waals surface area contributed by atoms with Crippen molar-refractivity contribution >= 4 is 11.8 Å². The maximum atomic E-state index is 13.1. The van der Waals surface area contributed by atoms with Crippen LogP contribution in [0.5, 0.6) is 0 Å². The van der Waals surface area contributed by atoms with Crippen molar-refractivity contribution in [2.75, 3.05) is 13.1 Å². The molecule has 0 spiro atoms. The molecule has 1 saturated heterocycles. The SMILES string of the molecule is C[C@@H]1CN(C(=O)c2ccc(F)cc2C(F)(F)F)C[C@H]1C(N)=O. The first kappa shape index (κ1) is 16.3. The van der Waals surface area contributed by atoms with E-state index in [2.05, 4.69) is 0 Å². The molecule has 1 heterocycles. The van der Waals surface area contributed by atoms with E-state index >= 15 is 0 Å². The number of primary amides is 1. The minimum Gasteiger partial charge on any atom is -0.369 e. The van der Waals surface area contributed by atoms with Gasteiger partial charge in [0.15, 0.2) is 0 Å². The summed E-state index contributed by atoms with van der Waals surface area (Å²) >= 11 is 0. The normalized spacial score (nSPS) is 22.0. The van der Waals surface area contributed by atoms with E-state index in [0.717, 1.165) is 17.0 Å². The van der Waals surface area contributed by atoms with Crippen molar-refractivity contribution in [1.29, 1.82) is 0 Å². The number of hydrogen-bond donors (Lipinski definition) is 1. The predicted molar refractivity (Wildman–Crippen MR) is 69.2 cm³/mol. The maximum absolute atomic E-state index is 13.1. The van der Waals surface area contributed by atoms with Crippen molar-refractivity contribution in [2.24, 2.45) is 17.6 Å². The van der Waals surface area contributed by atoms with Gasteiger partial charge in [0.25, 0.3) is 5.91 Å². The summed E-state index contributed by atoms with van der Waals surface area (Å²) in [6.07, 6.45) is -4.85. The molecule has 2 amide bonds. The summed E-state index contributed by atoms with van der Waals surface area (Å²) in [6.45, 7) is 1.78. The van der Waals surface area contributed by atoms with Crippen molar-refractivity contribution in [3.05, 3.63) is 35.1 Å². The van der Waals surface area contributed by atoms with E-state index in [-0.39, 0.29) is 25.1 Å². The van der Waals surface area contributed by atoms with Gasteiger partial charge in [-0.3, -0.25) is 9.59 Å². The zero-order valence-electron chi connectivity index (χ0n) is 11.7. The van der Waals surface area contributed by atoms with Crippen LogP contribution >= 0.6 is 0 Å². The van der Waals surface area contributed by atoms with Crippen LogP contribution in [0.25, 0.3) is 0 Å². The molecule has 1 aromatic rings. The zero-order chi connectivity index (χ0) is 16.7. The van der Waals surface area contributed by atoms with Gasteiger partial charge in [0, 0.05) is 13.1 Å². The Morgan fingerprint density at radius 3 is 2.41 bits per heavy atom. The highest BCUT2D eigenvalue weighted by Crippen LogP contribution is 2.34. The number of carbonyl (C=O) groups is 2. The van der Waals surface area contributed by atoms with E-state index in [0.29, 0.717) is 0 Å². The molecule has 120 valence electrons. The van der Waals surface area contributed by atoms with Crippen molar-refractivity contribution < 1.29 is 27.2 Å². The number of rotatable bonds is 2. The molecule has 0 radical (unpaired) electrons. The Kier molecular flexibility index (Phi) is 4.12. The number of nitrogens with zero attached hydrogens (tertiary/aromatic N) is 1. The zero-order valence-corrected chi connectivity index (χ0v) is 11.7. The van der Waals surface area contributed by atoms with Gasteiger partial charge in [-0.05, 0) is 24.1 Å². The molecule has 0 aliphatic carbocycles. The topological polar surface area (TPSA) is 63.4 Å². The van der Waals surface area contributed by atoms with E-state index in [1.54, 1.807) is 6.92 Å². The first-order valence-corrected chi connectivity index (χ1v) is 6.56. The smallest absolute Gasteiger partial charge is 0.369 e. The van der Waals surface area contributed by atoms with Crippen LogP contribution in [-0.4, -0.2) is 29.8 Å². The lowest BCUT2D eigenvalue weighted by molar-refractivity contribution is -0.138. The van der Waals surface area contributed by atoms with Crippen molar-refractivity contribution in [3.63, 3.8) is 0 Å². The second kappa shape index (κ2) is 5.58. The second-order valence-corrected chi connectivity index (χ2v) is 5.38. The van der Waals surface area contributed by atoms with Crippen LogP contribution in [0, 0.1) is 17.7 Å². The number of halogens is 4. The third-order valence-corrected chi connectivity index (χ3v) is 3.78. The summed E-state index contributed by atoms with van der Waals surface area (Å²) in [4.78, 5) is 24.7. The Morgan fingerprint density at radius 1 is 1.27 bits per heavy atom. The van der Waals surface area contributed by atoms with E-state index in [4.69, 9.17) is 5.73 Å². The Labute approximate surface area is 123 Å². The van der Waals surface area contributed by atoms with Crippen LogP contribution in [0.2, 0.25) is 0 Å².